The molecule has 2 fully saturated rings. The Kier molecular flexibility index (Phi) is 5.18. The van der Waals surface area contributed by atoms with Crippen LogP contribution in [0.25, 0.3) is 0 Å². The Hall–Kier alpha value is -2.21. The van der Waals surface area contributed by atoms with Crippen LogP contribution in [0.2, 0.25) is 0 Å². The molecule has 1 heterocycles. The summed E-state index contributed by atoms with van der Waals surface area (Å²) in [5.41, 5.74) is 1.19. The number of rotatable bonds is 4. The van der Waals surface area contributed by atoms with Gasteiger partial charge in [0.25, 0.3) is 5.91 Å². The van der Waals surface area contributed by atoms with Crippen LogP contribution in [0.4, 0.5) is 11.4 Å². The lowest BCUT2D eigenvalue weighted by Crippen LogP contribution is -2.47. The minimum atomic E-state index is -0.437. The standard InChI is InChI=1S/C19H25N3O3/c1-12-5-3-4-6-16(12)21-17-11-18(24)22(19(17)25)15-9-7-14(8-10-15)20-13(2)23/h7-10,12,16-17,21H,3-6,11H2,1-2H3,(H,20,23). The highest BCUT2D eigenvalue weighted by atomic mass is 16.2. The first-order valence-corrected chi connectivity index (χ1v) is 8.96. The van der Waals surface area contributed by atoms with Crippen LogP contribution in [0.1, 0.15) is 46.0 Å². The van der Waals surface area contributed by atoms with Gasteiger partial charge in [0.2, 0.25) is 11.8 Å². The number of nitrogens with zero attached hydrogens (tertiary/aromatic N) is 1. The van der Waals surface area contributed by atoms with E-state index in [1.165, 1.54) is 31.1 Å². The second kappa shape index (κ2) is 7.35. The van der Waals surface area contributed by atoms with E-state index in [0.29, 0.717) is 23.3 Å². The Balaban J connectivity index is 1.69. The summed E-state index contributed by atoms with van der Waals surface area (Å²) in [5.74, 6) is 0.00266. The van der Waals surface area contributed by atoms with Crippen molar-refractivity contribution in [2.75, 3.05) is 10.2 Å². The molecule has 25 heavy (non-hydrogen) atoms. The molecule has 6 heteroatoms. The normalized spacial score (nSPS) is 26.8. The minimum absolute atomic E-state index is 0.160. The molecular weight excluding hydrogens is 318 g/mol. The maximum atomic E-state index is 12.7. The van der Waals surface area contributed by atoms with Crippen LogP contribution in [-0.4, -0.2) is 29.8 Å². The van der Waals surface area contributed by atoms with Crippen molar-refractivity contribution in [1.29, 1.82) is 0 Å². The lowest BCUT2D eigenvalue weighted by Gasteiger charge is -2.31. The van der Waals surface area contributed by atoms with Crippen molar-refractivity contribution >= 4 is 29.1 Å². The van der Waals surface area contributed by atoms with Crippen LogP contribution in [-0.2, 0) is 14.4 Å². The average molecular weight is 343 g/mol. The van der Waals surface area contributed by atoms with Crippen molar-refractivity contribution in [3.05, 3.63) is 24.3 Å². The van der Waals surface area contributed by atoms with Crippen molar-refractivity contribution < 1.29 is 14.4 Å². The highest BCUT2D eigenvalue weighted by molar-refractivity contribution is 6.22. The smallest absolute Gasteiger partial charge is 0.251 e. The number of anilines is 2. The molecule has 1 aromatic carbocycles. The van der Waals surface area contributed by atoms with Gasteiger partial charge in [-0.05, 0) is 43.0 Å². The van der Waals surface area contributed by atoms with Gasteiger partial charge in [0, 0.05) is 18.7 Å². The van der Waals surface area contributed by atoms with Gasteiger partial charge in [-0.2, -0.15) is 0 Å². The van der Waals surface area contributed by atoms with Gasteiger partial charge in [-0.3, -0.25) is 14.4 Å². The Morgan fingerprint density at radius 3 is 2.44 bits per heavy atom. The van der Waals surface area contributed by atoms with Crippen LogP contribution in [0.5, 0.6) is 0 Å². The predicted molar refractivity (Wildman–Crippen MR) is 96.2 cm³/mol. The molecule has 0 spiro atoms. The van der Waals surface area contributed by atoms with Crippen molar-refractivity contribution in [2.24, 2.45) is 5.92 Å². The molecule has 1 aliphatic heterocycles. The molecule has 1 aromatic rings. The van der Waals surface area contributed by atoms with Gasteiger partial charge in [0.1, 0.15) is 0 Å². The molecule has 0 aromatic heterocycles. The lowest BCUT2D eigenvalue weighted by atomic mass is 9.85. The molecule has 1 aliphatic carbocycles. The quantitative estimate of drug-likeness (QED) is 0.823. The van der Waals surface area contributed by atoms with Gasteiger partial charge in [0.05, 0.1) is 18.2 Å². The Morgan fingerprint density at radius 1 is 1.12 bits per heavy atom. The molecule has 3 rings (SSSR count). The number of nitrogens with one attached hydrogen (secondary N) is 2. The molecule has 134 valence electrons. The molecule has 1 saturated heterocycles. The van der Waals surface area contributed by atoms with E-state index in [1.807, 2.05) is 0 Å². The first-order valence-electron chi connectivity index (χ1n) is 8.96. The third-order valence-electron chi connectivity index (χ3n) is 5.12. The summed E-state index contributed by atoms with van der Waals surface area (Å²) in [6.45, 7) is 3.64. The van der Waals surface area contributed by atoms with Gasteiger partial charge in [-0.25, -0.2) is 4.90 Å². The molecule has 3 amide bonds. The molecule has 2 N–H and O–H groups in total. The number of carbonyl (C=O) groups excluding carboxylic acids is 3. The number of amides is 3. The molecular formula is C19H25N3O3. The van der Waals surface area contributed by atoms with Gasteiger partial charge < -0.3 is 10.6 Å². The summed E-state index contributed by atoms with van der Waals surface area (Å²) in [6, 6.07) is 6.63. The Morgan fingerprint density at radius 2 is 1.80 bits per heavy atom. The fourth-order valence-corrected chi connectivity index (χ4v) is 3.75. The third kappa shape index (κ3) is 3.90. The molecule has 6 nitrogen and oxygen atoms in total. The zero-order chi connectivity index (χ0) is 18.0. The van der Waals surface area contributed by atoms with Crippen molar-refractivity contribution in [3.8, 4) is 0 Å². The highest BCUT2D eigenvalue weighted by Gasteiger charge is 2.41. The summed E-state index contributed by atoms with van der Waals surface area (Å²) in [7, 11) is 0. The van der Waals surface area contributed by atoms with Crippen LogP contribution < -0.4 is 15.5 Å². The van der Waals surface area contributed by atoms with E-state index in [0.717, 1.165) is 6.42 Å². The highest BCUT2D eigenvalue weighted by Crippen LogP contribution is 2.28. The van der Waals surface area contributed by atoms with Crippen LogP contribution in [0.3, 0.4) is 0 Å². The summed E-state index contributed by atoms with van der Waals surface area (Å²) >= 11 is 0. The van der Waals surface area contributed by atoms with E-state index in [9.17, 15) is 14.4 Å². The fraction of sp³-hybridized carbons (Fsp3) is 0.526. The van der Waals surface area contributed by atoms with E-state index in [1.54, 1.807) is 24.3 Å². The van der Waals surface area contributed by atoms with Crippen LogP contribution in [0.15, 0.2) is 24.3 Å². The monoisotopic (exact) mass is 343 g/mol. The molecule has 1 saturated carbocycles. The zero-order valence-corrected chi connectivity index (χ0v) is 14.7. The molecule has 3 atom stereocenters. The largest absolute Gasteiger partial charge is 0.326 e. The van der Waals surface area contributed by atoms with Crippen molar-refractivity contribution in [3.63, 3.8) is 0 Å². The number of benzene rings is 1. The van der Waals surface area contributed by atoms with Gasteiger partial charge in [-0.1, -0.05) is 19.8 Å². The van der Waals surface area contributed by atoms with Gasteiger partial charge in [0.15, 0.2) is 0 Å². The van der Waals surface area contributed by atoms with Crippen LogP contribution >= 0.6 is 0 Å². The number of imide groups is 1. The first-order chi connectivity index (χ1) is 12.0. The zero-order valence-electron chi connectivity index (χ0n) is 14.7. The van der Waals surface area contributed by atoms with E-state index >= 15 is 0 Å². The molecule has 0 bridgehead atoms. The summed E-state index contributed by atoms with van der Waals surface area (Å²) in [4.78, 5) is 37.4. The Labute approximate surface area is 148 Å². The summed E-state index contributed by atoms with van der Waals surface area (Å²) < 4.78 is 0. The minimum Gasteiger partial charge on any atom is -0.326 e. The SMILES string of the molecule is CC(=O)Nc1ccc(N2C(=O)CC(NC3CCCCC3C)C2=O)cc1. The topological polar surface area (TPSA) is 78.5 Å². The maximum absolute atomic E-state index is 12.7. The van der Waals surface area contributed by atoms with Crippen LogP contribution in [0, 0.1) is 5.92 Å². The predicted octanol–water partition coefficient (Wildman–Crippen LogP) is 2.45. The maximum Gasteiger partial charge on any atom is 0.251 e. The van der Waals surface area contributed by atoms with Gasteiger partial charge >= 0.3 is 0 Å². The molecule has 3 unspecified atom stereocenters. The fourth-order valence-electron chi connectivity index (χ4n) is 3.75. The molecule has 2 aliphatic rings. The third-order valence-corrected chi connectivity index (χ3v) is 5.12. The van der Waals surface area contributed by atoms with E-state index in [2.05, 4.69) is 17.6 Å². The number of hydrogen-bond acceptors (Lipinski definition) is 4. The summed E-state index contributed by atoms with van der Waals surface area (Å²) in [6.07, 6.45) is 4.84. The van der Waals surface area contributed by atoms with Crippen molar-refractivity contribution in [1.82, 2.24) is 5.32 Å². The lowest BCUT2D eigenvalue weighted by molar-refractivity contribution is -0.122. The van der Waals surface area contributed by atoms with E-state index in [-0.39, 0.29) is 24.1 Å². The van der Waals surface area contributed by atoms with Crippen molar-refractivity contribution in [2.45, 2.75) is 58.0 Å². The number of hydrogen-bond donors (Lipinski definition) is 2. The first kappa shape index (κ1) is 17.6. The Bertz CT molecular complexity index is 671. The second-order valence-electron chi connectivity index (χ2n) is 7.09. The second-order valence-corrected chi connectivity index (χ2v) is 7.09. The number of carbonyl (C=O) groups is 3. The summed E-state index contributed by atoms with van der Waals surface area (Å²) in [5, 5.41) is 6.09. The van der Waals surface area contributed by atoms with E-state index in [4.69, 9.17) is 0 Å². The molecule has 0 radical (unpaired) electrons. The average Bonchev–Trinajstić information content (AvgIpc) is 2.84. The van der Waals surface area contributed by atoms with Gasteiger partial charge in [-0.15, -0.1) is 0 Å². The van der Waals surface area contributed by atoms with E-state index < -0.39 is 6.04 Å².